The molecule has 0 radical (unpaired) electrons. The quantitative estimate of drug-likeness (QED) is 0.857. The fraction of sp³-hybridized carbons (Fsp3) is 0.111. The van der Waals surface area contributed by atoms with Gasteiger partial charge in [0.25, 0.3) is 0 Å². The third-order valence-electron chi connectivity index (χ3n) is 1.80. The lowest BCUT2D eigenvalue weighted by molar-refractivity contribution is -0.136. The first-order valence-corrected chi connectivity index (χ1v) is 5.08. The van der Waals surface area contributed by atoms with E-state index in [1.807, 2.05) is 22.7 Å². The molecule has 14 heavy (non-hydrogen) atoms. The first kappa shape index (κ1) is 9.45. The summed E-state index contributed by atoms with van der Waals surface area (Å²) >= 11 is 2.19. The molecule has 1 N–H and O–H groups in total. The standard InChI is InChI=1S/C9H7IN2O2/c10-6-1-2-12-5-7(4-9(13)14)11-8(12)3-6/h1-3,5H,4H2,(H,13,14). The Balaban J connectivity index is 2.46. The van der Waals surface area contributed by atoms with Gasteiger partial charge in [0.15, 0.2) is 0 Å². The van der Waals surface area contributed by atoms with Crippen LogP contribution in [0.3, 0.4) is 0 Å². The number of pyridine rings is 1. The molecular formula is C9H7IN2O2. The number of halogens is 1. The van der Waals surface area contributed by atoms with Gasteiger partial charge in [0, 0.05) is 16.0 Å². The van der Waals surface area contributed by atoms with E-state index in [1.165, 1.54) is 0 Å². The van der Waals surface area contributed by atoms with Crippen molar-refractivity contribution in [3.8, 4) is 0 Å². The van der Waals surface area contributed by atoms with Gasteiger partial charge in [-0.05, 0) is 34.7 Å². The minimum atomic E-state index is -0.858. The average molecular weight is 302 g/mol. The fourth-order valence-corrected chi connectivity index (χ4v) is 1.69. The topological polar surface area (TPSA) is 54.6 Å². The smallest absolute Gasteiger partial charge is 0.309 e. The number of aromatic nitrogens is 2. The van der Waals surface area contributed by atoms with Crippen LogP contribution in [0.4, 0.5) is 0 Å². The van der Waals surface area contributed by atoms with E-state index in [-0.39, 0.29) is 6.42 Å². The summed E-state index contributed by atoms with van der Waals surface area (Å²) in [5.41, 5.74) is 1.37. The number of hydrogen-bond acceptors (Lipinski definition) is 2. The number of aliphatic carboxylic acids is 1. The lowest BCUT2D eigenvalue weighted by Gasteiger charge is -1.91. The second-order valence-electron chi connectivity index (χ2n) is 2.91. The Morgan fingerprint density at radius 3 is 3.14 bits per heavy atom. The third-order valence-corrected chi connectivity index (χ3v) is 2.48. The van der Waals surface area contributed by atoms with Crippen LogP contribution < -0.4 is 0 Å². The average Bonchev–Trinajstić information content (AvgIpc) is 2.44. The van der Waals surface area contributed by atoms with Gasteiger partial charge in [-0.3, -0.25) is 4.79 Å². The van der Waals surface area contributed by atoms with Crippen molar-refractivity contribution in [1.29, 1.82) is 0 Å². The van der Waals surface area contributed by atoms with Crippen molar-refractivity contribution in [2.75, 3.05) is 0 Å². The van der Waals surface area contributed by atoms with E-state index in [9.17, 15) is 4.79 Å². The number of rotatable bonds is 2. The lowest BCUT2D eigenvalue weighted by Crippen LogP contribution is -1.99. The van der Waals surface area contributed by atoms with Crippen LogP contribution in [-0.4, -0.2) is 20.5 Å². The molecule has 0 amide bonds. The number of fused-ring (bicyclic) bond motifs is 1. The minimum absolute atomic E-state index is 0.0295. The monoisotopic (exact) mass is 302 g/mol. The molecule has 5 heteroatoms. The van der Waals surface area contributed by atoms with E-state index in [0.717, 1.165) is 9.22 Å². The third kappa shape index (κ3) is 1.87. The Hall–Kier alpha value is -1.11. The fourth-order valence-electron chi connectivity index (χ4n) is 1.25. The highest BCUT2D eigenvalue weighted by Gasteiger charge is 2.05. The number of carboxylic acids is 1. The normalized spacial score (nSPS) is 10.6. The molecule has 0 spiro atoms. The van der Waals surface area contributed by atoms with E-state index in [0.29, 0.717) is 5.69 Å². The van der Waals surface area contributed by atoms with Crippen LogP contribution in [0.15, 0.2) is 24.5 Å². The summed E-state index contributed by atoms with van der Waals surface area (Å²) in [5.74, 6) is -0.858. The zero-order valence-corrected chi connectivity index (χ0v) is 9.30. The summed E-state index contributed by atoms with van der Waals surface area (Å²) < 4.78 is 2.91. The molecule has 0 aliphatic heterocycles. The van der Waals surface area contributed by atoms with Crippen LogP contribution in [-0.2, 0) is 11.2 Å². The predicted molar refractivity (Wildman–Crippen MR) is 59.2 cm³/mol. The maximum absolute atomic E-state index is 10.5. The molecule has 0 fully saturated rings. The Labute approximate surface area is 93.7 Å². The van der Waals surface area contributed by atoms with E-state index < -0.39 is 5.97 Å². The maximum Gasteiger partial charge on any atom is 0.309 e. The molecule has 0 saturated heterocycles. The highest BCUT2D eigenvalue weighted by molar-refractivity contribution is 14.1. The summed E-state index contributed by atoms with van der Waals surface area (Å²) in [6.07, 6.45) is 3.58. The van der Waals surface area contributed by atoms with Crippen molar-refractivity contribution < 1.29 is 9.90 Å². The van der Waals surface area contributed by atoms with Gasteiger partial charge < -0.3 is 9.51 Å². The van der Waals surface area contributed by atoms with Crippen LogP contribution in [0, 0.1) is 3.57 Å². The highest BCUT2D eigenvalue weighted by atomic mass is 127. The van der Waals surface area contributed by atoms with Gasteiger partial charge in [-0.1, -0.05) is 0 Å². The van der Waals surface area contributed by atoms with Gasteiger partial charge >= 0.3 is 5.97 Å². The molecule has 2 rings (SSSR count). The molecule has 4 nitrogen and oxygen atoms in total. The second kappa shape index (κ2) is 3.56. The highest BCUT2D eigenvalue weighted by Crippen LogP contribution is 2.10. The summed E-state index contributed by atoms with van der Waals surface area (Å²) in [6, 6.07) is 3.85. The van der Waals surface area contributed by atoms with Crippen molar-refractivity contribution in [3.05, 3.63) is 33.8 Å². The molecule has 0 saturated carbocycles. The molecule has 0 aromatic carbocycles. The van der Waals surface area contributed by atoms with E-state index in [1.54, 1.807) is 6.20 Å². The largest absolute Gasteiger partial charge is 0.481 e. The first-order chi connectivity index (χ1) is 6.65. The number of hydrogen-bond donors (Lipinski definition) is 1. The van der Waals surface area contributed by atoms with Crippen LogP contribution in [0.1, 0.15) is 5.69 Å². The van der Waals surface area contributed by atoms with Gasteiger partial charge in [0.05, 0.1) is 12.1 Å². The Bertz CT molecular complexity index is 493. The predicted octanol–water partition coefficient (Wildman–Crippen LogP) is 1.57. The molecule has 0 atom stereocenters. The van der Waals surface area contributed by atoms with E-state index in [2.05, 4.69) is 27.6 Å². The van der Waals surface area contributed by atoms with Crippen molar-refractivity contribution in [2.24, 2.45) is 0 Å². The van der Waals surface area contributed by atoms with Crippen LogP contribution >= 0.6 is 22.6 Å². The van der Waals surface area contributed by atoms with Crippen molar-refractivity contribution in [2.45, 2.75) is 6.42 Å². The molecule has 2 heterocycles. The number of carbonyl (C=O) groups is 1. The maximum atomic E-state index is 10.5. The first-order valence-electron chi connectivity index (χ1n) is 4.00. The van der Waals surface area contributed by atoms with Crippen molar-refractivity contribution in [1.82, 2.24) is 9.38 Å². The van der Waals surface area contributed by atoms with Gasteiger partial charge in [-0.15, -0.1) is 0 Å². The number of carboxylic acid groups (broad SMARTS) is 1. The SMILES string of the molecule is O=C(O)Cc1cn2ccc(I)cc2n1. The van der Waals surface area contributed by atoms with Crippen LogP contribution in [0.25, 0.3) is 5.65 Å². The molecule has 0 unspecified atom stereocenters. The molecule has 0 bridgehead atoms. The minimum Gasteiger partial charge on any atom is -0.481 e. The molecule has 2 aromatic rings. The van der Waals surface area contributed by atoms with Crippen LogP contribution in [0.2, 0.25) is 0 Å². The van der Waals surface area contributed by atoms with Crippen LogP contribution in [0.5, 0.6) is 0 Å². The Kier molecular flexibility index (Phi) is 2.40. The summed E-state index contributed by atoms with van der Waals surface area (Å²) in [5, 5.41) is 8.60. The zero-order chi connectivity index (χ0) is 10.1. The Morgan fingerprint density at radius 2 is 2.43 bits per heavy atom. The summed E-state index contributed by atoms with van der Waals surface area (Å²) in [6.45, 7) is 0. The van der Waals surface area contributed by atoms with Gasteiger partial charge in [0.2, 0.25) is 0 Å². The molecule has 2 aromatic heterocycles. The molecular weight excluding hydrogens is 295 g/mol. The molecule has 0 aliphatic rings. The zero-order valence-electron chi connectivity index (χ0n) is 7.14. The Morgan fingerprint density at radius 1 is 1.64 bits per heavy atom. The molecule has 72 valence electrons. The van der Waals surface area contributed by atoms with Crippen molar-refractivity contribution in [3.63, 3.8) is 0 Å². The summed E-state index contributed by atoms with van der Waals surface area (Å²) in [4.78, 5) is 14.7. The van der Waals surface area contributed by atoms with Gasteiger partial charge in [-0.2, -0.15) is 0 Å². The van der Waals surface area contributed by atoms with Crippen molar-refractivity contribution >= 4 is 34.2 Å². The van der Waals surface area contributed by atoms with E-state index in [4.69, 9.17) is 5.11 Å². The molecule has 0 aliphatic carbocycles. The van der Waals surface area contributed by atoms with E-state index >= 15 is 0 Å². The van der Waals surface area contributed by atoms with Gasteiger partial charge in [0.1, 0.15) is 5.65 Å². The number of imidazole rings is 1. The second-order valence-corrected chi connectivity index (χ2v) is 4.16. The lowest BCUT2D eigenvalue weighted by atomic mass is 10.3. The number of nitrogens with zero attached hydrogens (tertiary/aromatic N) is 2. The summed E-state index contributed by atoms with van der Waals surface area (Å²) in [7, 11) is 0. The van der Waals surface area contributed by atoms with Gasteiger partial charge in [-0.25, -0.2) is 4.98 Å².